The highest BCUT2D eigenvalue weighted by Crippen LogP contribution is 2.33. The van der Waals surface area contributed by atoms with Gasteiger partial charge in [-0.1, -0.05) is 12.1 Å². The fraction of sp³-hybridized carbons (Fsp3) is 0.550. The maximum atomic E-state index is 13.0. The second kappa shape index (κ2) is 6.86. The average Bonchev–Trinajstić information content (AvgIpc) is 2.99. The summed E-state index contributed by atoms with van der Waals surface area (Å²) in [5, 5.41) is 5.53. The van der Waals surface area contributed by atoms with Crippen molar-refractivity contribution in [1.29, 1.82) is 0 Å². The number of rotatable bonds is 3. The van der Waals surface area contributed by atoms with Crippen LogP contribution in [-0.4, -0.2) is 78.7 Å². The molecule has 0 aliphatic carbocycles. The summed E-state index contributed by atoms with van der Waals surface area (Å²) >= 11 is 0. The highest BCUT2D eigenvalue weighted by atomic mass is 32.2. The van der Waals surface area contributed by atoms with E-state index in [2.05, 4.69) is 15.5 Å². The van der Waals surface area contributed by atoms with Crippen LogP contribution in [0.4, 0.5) is 0 Å². The van der Waals surface area contributed by atoms with Crippen LogP contribution >= 0.6 is 0 Å². The van der Waals surface area contributed by atoms with Crippen molar-refractivity contribution >= 4 is 27.6 Å². The van der Waals surface area contributed by atoms with Crippen LogP contribution in [-0.2, 0) is 32.5 Å². The van der Waals surface area contributed by atoms with Crippen LogP contribution in [0, 0.1) is 0 Å². The van der Waals surface area contributed by atoms with Crippen LogP contribution in [0.2, 0.25) is 0 Å². The number of hydrogen-bond donors (Lipinski definition) is 2. The Morgan fingerprint density at radius 2 is 1.97 bits per heavy atom. The first-order valence-electron chi connectivity index (χ1n) is 10.2. The number of benzene rings is 1. The fourth-order valence-corrected chi connectivity index (χ4v) is 6.90. The number of hydrogen-bond acceptors (Lipinski definition) is 7. The lowest BCUT2D eigenvalue weighted by atomic mass is 9.90. The third-order valence-electron chi connectivity index (χ3n) is 6.78. The maximum Gasteiger partial charge on any atom is 0.255 e. The van der Waals surface area contributed by atoms with Gasteiger partial charge in [-0.3, -0.25) is 24.6 Å². The molecule has 3 amide bonds. The maximum absolute atomic E-state index is 13.0. The number of sulfone groups is 1. The largest absolute Gasteiger partial charge is 0.322 e. The Balaban J connectivity index is 1.40. The Kier molecular flexibility index (Phi) is 4.49. The minimum absolute atomic E-state index is 0.144. The Labute approximate surface area is 174 Å². The summed E-state index contributed by atoms with van der Waals surface area (Å²) < 4.78 is 24.4. The Hall–Kier alpha value is -2.30. The molecule has 160 valence electrons. The minimum Gasteiger partial charge on any atom is -0.322 e. The van der Waals surface area contributed by atoms with Crippen LogP contribution < -0.4 is 10.6 Å². The Bertz CT molecular complexity index is 1050. The van der Waals surface area contributed by atoms with Crippen LogP contribution in [0.3, 0.4) is 0 Å². The monoisotopic (exact) mass is 432 g/mol. The number of carbonyl (C=O) groups is 3. The molecule has 0 bridgehead atoms. The zero-order valence-corrected chi connectivity index (χ0v) is 17.3. The molecular weight excluding hydrogens is 408 g/mol. The van der Waals surface area contributed by atoms with Crippen molar-refractivity contribution < 1.29 is 22.8 Å². The summed E-state index contributed by atoms with van der Waals surface area (Å²) in [7, 11) is -3.05. The van der Waals surface area contributed by atoms with E-state index in [1.807, 2.05) is 12.1 Å². The van der Waals surface area contributed by atoms with E-state index in [9.17, 15) is 22.8 Å². The average molecular weight is 433 g/mol. The second-order valence-electron chi connectivity index (χ2n) is 8.68. The molecule has 2 N–H and O–H groups in total. The van der Waals surface area contributed by atoms with Crippen molar-refractivity contribution in [2.45, 2.75) is 37.5 Å². The lowest BCUT2D eigenvalue weighted by molar-refractivity contribution is -0.136. The third kappa shape index (κ3) is 3.14. The van der Waals surface area contributed by atoms with Gasteiger partial charge in [-0.2, -0.15) is 0 Å². The van der Waals surface area contributed by atoms with Gasteiger partial charge < -0.3 is 10.2 Å². The van der Waals surface area contributed by atoms with Gasteiger partial charge in [-0.25, -0.2) is 8.42 Å². The van der Waals surface area contributed by atoms with Gasteiger partial charge in [0, 0.05) is 44.7 Å². The van der Waals surface area contributed by atoms with Gasteiger partial charge in [0.2, 0.25) is 11.8 Å². The third-order valence-corrected chi connectivity index (χ3v) is 8.56. The van der Waals surface area contributed by atoms with Crippen LogP contribution in [0.5, 0.6) is 0 Å². The van der Waals surface area contributed by atoms with Crippen molar-refractivity contribution in [3.05, 3.63) is 34.9 Å². The standard InChI is InChI=1S/C20H24N4O5S/c25-17-5-4-16(18(26)22-17)24-9-15-13(2-1-3-14(15)19(24)27)8-23-6-7-30(28,29)12-20(23)10-21-11-20/h1-3,16,21H,4-12H2,(H,22,25,26). The van der Waals surface area contributed by atoms with Crippen molar-refractivity contribution in [2.24, 2.45) is 0 Å². The first-order valence-corrected chi connectivity index (χ1v) is 12.0. The van der Waals surface area contributed by atoms with Crippen molar-refractivity contribution in [3.8, 4) is 0 Å². The topological polar surface area (TPSA) is 116 Å². The summed E-state index contributed by atoms with van der Waals surface area (Å²) in [6.07, 6.45) is 0.555. The van der Waals surface area contributed by atoms with Crippen LogP contribution in [0.25, 0.3) is 0 Å². The number of carbonyl (C=O) groups excluding carboxylic acids is 3. The van der Waals surface area contributed by atoms with E-state index in [0.717, 1.165) is 11.1 Å². The molecule has 5 rings (SSSR count). The minimum atomic E-state index is -3.05. The molecule has 1 spiro atoms. The number of nitrogens with one attached hydrogen (secondary N) is 2. The molecule has 30 heavy (non-hydrogen) atoms. The predicted octanol–water partition coefficient (Wildman–Crippen LogP) is -0.980. The van der Waals surface area contributed by atoms with E-state index < -0.39 is 21.8 Å². The van der Waals surface area contributed by atoms with E-state index in [1.54, 1.807) is 11.0 Å². The molecule has 9 nitrogen and oxygen atoms in total. The van der Waals surface area contributed by atoms with Crippen molar-refractivity contribution in [3.63, 3.8) is 0 Å². The van der Waals surface area contributed by atoms with Gasteiger partial charge in [0.1, 0.15) is 6.04 Å². The van der Waals surface area contributed by atoms with Crippen molar-refractivity contribution in [2.75, 3.05) is 31.1 Å². The molecule has 4 heterocycles. The van der Waals surface area contributed by atoms with Gasteiger partial charge in [0.15, 0.2) is 9.84 Å². The number of imide groups is 1. The van der Waals surface area contributed by atoms with E-state index >= 15 is 0 Å². The molecule has 1 aromatic rings. The molecule has 1 atom stereocenters. The number of nitrogens with zero attached hydrogens (tertiary/aromatic N) is 2. The second-order valence-corrected chi connectivity index (χ2v) is 10.9. The normalized spacial score (nSPS) is 27.7. The van der Waals surface area contributed by atoms with Crippen LogP contribution in [0.1, 0.15) is 34.3 Å². The van der Waals surface area contributed by atoms with Gasteiger partial charge in [0.05, 0.1) is 17.0 Å². The molecule has 1 aromatic carbocycles. The van der Waals surface area contributed by atoms with Gasteiger partial charge >= 0.3 is 0 Å². The smallest absolute Gasteiger partial charge is 0.255 e. The molecule has 4 aliphatic heterocycles. The van der Waals surface area contributed by atoms with Crippen molar-refractivity contribution in [1.82, 2.24) is 20.4 Å². The molecule has 3 saturated heterocycles. The summed E-state index contributed by atoms with van der Waals surface area (Å²) in [6.45, 7) is 2.65. The lowest BCUT2D eigenvalue weighted by Crippen LogP contribution is -2.74. The van der Waals surface area contributed by atoms with Gasteiger partial charge in [-0.15, -0.1) is 0 Å². The number of piperidine rings is 1. The van der Waals surface area contributed by atoms with E-state index in [0.29, 0.717) is 44.7 Å². The number of amides is 3. The molecular formula is C20H24N4O5S. The van der Waals surface area contributed by atoms with E-state index in [4.69, 9.17) is 0 Å². The van der Waals surface area contributed by atoms with Crippen LogP contribution in [0.15, 0.2) is 18.2 Å². The lowest BCUT2D eigenvalue weighted by Gasteiger charge is -2.53. The Morgan fingerprint density at radius 1 is 1.17 bits per heavy atom. The SMILES string of the molecule is O=C1CCC(N2Cc3c(CN4CCS(=O)(=O)CC45CNC5)cccc3C2=O)C(=O)N1. The molecule has 0 aromatic heterocycles. The summed E-state index contributed by atoms with van der Waals surface area (Å²) in [6, 6.07) is 4.95. The molecule has 3 fully saturated rings. The zero-order chi connectivity index (χ0) is 21.1. The summed E-state index contributed by atoms with van der Waals surface area (Å²) in [4.78, 5) is 40.5. The highest BCUT2D eigenvalue weighted by molar-refractivity contribution is 7.91. The predicted molar refractivity (Wildman–Crippen MR) is 107 cm³/mol. The molecule has 4 aliphatic rings. The van der Waals surface area contributed by atoms with Gasteiger partial charge in [0.25, 0.3) is 5.91 Å². The van der Waals surface area contributed by atoms with Gasteiger partial charge in [-0.05, 0) is 23.6 Å². The Morgan fingerprint density at radius 3 is 2.67 bits per heavy atom. The molecule has 0 saturated carbocycles. The quantitative estimate of drug-likeness (QED) is 0.590. The summed E-state index contributed by atoms with van der Waals surface area (Å²) in [5.74, 6) is -0.619. The first-order chi connectivity index (χ1) is 14.3. The first kappa shape index (κ1) is 19.7. The highest BCUT2D eigenvalue weighted by Gasteiger charge is 2.49. The molecule has 0 radical (unpaired) electrons. The zero-order valence-electron chi connectivity index (χ0n) is 16.5. The fourth-order valence-electron chi connectivity index (χ4n) is 5.05. The molecule has 10 heteroatoms. The molecule has 1 unspecified atom stereocenters. The van der Waals surface area contributed by atoms with E-state index in [-0.39, 0.29) is 35.3 Å². The van der Waals surface area contributed by atoms with E-state index in [1.165, 1.54) is 0 Å². The number of fused-ring (bicyclic) bond motifs is 1. The summed E-state index contributed by atoms with van der Waals surface area (Å²) in [5.41, 5.74) is 2.08.